The minimum absolute atomic E-state index is 0.0126. The average molecular weight is 883 g/mol. The van der Waals surface area contributed by atoms with Gasteiger partial charge in [0.15, 0.2) is 0 Å². The number of carbonyl (C=O) groups is 1. The van der Waals surface area contributed by atoms with Gasteiger partial charge in [-0.1, -0.05) is 113 Å². The van der Waals surface area contributed by atoms with Crippen LogP contribution in [0, 0.1) is 0 Å². The third-order valence-corrected chi connectivity index (χ3v) is 13.4. The molecule has 1 aliphatic heterocycles. The van der Waals surface area contributed by atoms with Gasteiger partial charge in [-0.3, -0.25) is 9.11 Å². The van der Waals surface area contributed by atoms with Crippen molar-refractivity contribution < 1.29 is 45.8 Å². The van der Waals surface area contributed by atoms with Crippen molar-refractivity contribution in [2.75, 3.05) is 11.4 Å². The van der Waals surface area contributed by atoms with Crippen LogP contribution >= 0.6 is 0 Å². The third-order valence-electron chi connectivity index (χ3n) is 11.7. The van der Waals surface area contributed by atoms with Crippen LogP contribution in [0.25, 0.3) is 0 Å². The fraction of sp³-hybridized carbons (Fsp3) is 0.312. The molecule has 2 heterocycles. The van der Waals surface area contributed by atoms with Crippen LogP contribution in [0.5, 0.6) is 11.8 Å². The zero-order valence-corrected chi connectivity index (χ0v) is 36.9. The van der Waals surface area contributed by atoms with Crippen LogP contribution in [0.15, 0.2) is 154 Å². The molecule has 12 nitrogen and oxygen atoms in total. The molecule has 3 aliphatic rings. The standard InChI is InChI=1S/C48H54N2O10S2/c1-47(2)36(31-35(20-16-19-34-17-10-6-5-7-11-18-34)39-26-24-37(32-40(39)47)61(54,55)56)21-12-8-13-22-43-48(3,4)41-33-38(62(57,58)59)25-27-42(41)49(43)30-15-9-14-23-46(53)60-50-44(51)28-29-45(50)52/h5-8,10-13,17-18,21-22,24-29,31-33,35,51-52H,9,14-16,19-20,23,30H2,1-4H3,(H,54,55,56)(H,57,58,59). The van der Waals surface area contributed by atoms with Gasteiger partial charge in [0.2, 0.25) is 11.8 Å². The molecule has 1 unspecified atom stereocenters. The summed E-state index contributed by atoms with van der Waals surface area (Å²) in [6.45, 7) is 8.60. The molecule has 328 valence electrons. The van der Waals surface area contributed by atoms with E-state index in [2.05, 4.69) is 23.1 Å². The Hall–Kier alpha value is -5.67. The predicted octanol–water partition coefficient (Wildman–Crippen LogP) is 9.48. The SMILES string of the molecule is CC1(C)C(C=CC=CC=C2N(CCCCCC(=O)On3c(O)ccc3O)c3ccc(S(=O)(=O)O)cc3C2(C)C)=CC(CCCC2=CC=CC=CC=C2)c2ccc(S(=O)(=O)O)cc21. The summed E-state index contributed by atoms with van der Waals surface area (Å²) in [5.74, 6) is -1.39. The third kappa shape index (κ3) is 10.5. The second-order valence-electron chi connectivity index (χ2n) is 16.7. The second kappa shape index (κ2) is 18.7. The van der Waals surface area contributed by atoms with Gasteiger partial charge in [0, 0.05) is 53.2 Å². The van der Waals surface area contributed by atoms with Crippen LogP contribution in [-0.2, 0) is 35.9 Å². The molecule has 0 saturated carbocycles. The van der Waals surface area contributed by atoms with Crippen LogP contribution < -0.4 is 9.74 Å². The van der Waals surface area contributed by atoms with E-state index in [9.17, 15) is 40.9 Å². The van der Waals surface area contributed by atoms with Crippen molar-refractivity contribution in [3.63, 3.8) is 0 Å². The molecular formula is C48H54N2O10S2. The molecule has 62 heavy (non-hydrogen) atoms. The normalized spacial score (nSPS) is 18.8. The van der Waals surface area contributed by atoms with E-state index in [4.69, 9.17) is 4.84 Å². The number of fused-ring (bicyclic) bond motifs is 2. The molecule has 1 aromatic heterocycles. The van der Waals surface area contributed by atoms with Crippen LogP contribution in [-0.4, -0.2) is 53.4 Å². The molecule has 0 radical (unpaired) electrons. The molecule has 0 spiro atoms. The number of carbonyl (C=O) groups excluding carboxylic acids is 1. The molecule has 0 saturated heterocycles. The van der Waals surface area contributed by atoms with Crippen molar-refractivity contribution in [1.29, 1.82) is 0 Å². The van der Waals surface area contributed by atoms with Gasteiger partial charge in [0.25, 0.3) is 20.2 Å². The number of rotatable bonds is 16. The Morgan fingerprint density at radius 1 is 0.758 bits per heavy atom. The number of hydrogen-bond acceptors (Lipinski definition) is 9. The number of aromatic hydroxyl groups is 2. The summed E-state index contributed by atoms with van der Waals surface area (Å²) >= 11 is 0. The summed E-state index contributed by atoms with van der Waals surface area (Å²) < 4.78 is 69.2. The highest BCUT2D eigenvalue weighted by Gasteiger charge is 2.40. The van der Waals surface area contributed by atoms with Gasteiger partial charge in [-0.05, 0) is 96.3 Å². The Balaban J connectivity index is 1.21. The van der Waals surface area contributed by atoms with Crippen LogP contribution in [0.1, 0.15) is 95.2 Å². The highest BCUT2D eigenvalue weighted by Crippen LogP contribution is 2.49. The predicted molar refractivity (Wildman–Crippen MR) is 240 cm³/mol. The molecule has 6 rings (SSSR count). The number of anilines is 1. The molecule has 0 fully saturated rings. The van der Waals surface area contributed by atoms with E-state index in [-0.39, 0.29) is 22.1 Å². The largest absolute Gasteiger partial charge is 0.492 e. The summed E-state index contributed by atoms with van der Waals surface area (Å²) in [5.41, 5.74) is 5.27. The Morgan fingerprint density at radius 2 is 1.42 bits per heavy atom. The van der Waals surface area contributed by atoms with Crippen molar-refractivity contribution in [3.8, 4) is 11.8 Å². The van der Waals surface area contributed by atoms with Gasteiger partial charge < -0.3 is 20.0 Å². The van der Waals surface area contributed by atoms with Gasteiger partial charge >= 0.3 is 5.97 Å². The fourth-order valence-corrected chi connectivity index (χ4v) is 9.33. The average Bonchev–Trinajstić information content (AvgIpc) is 3.61. The summed E-state index contributed by atoms with van der Waals surface area (Å²) in [5, 5.41) is 19.5. The monoisotopic (exact) mass is 882 g/mol. The molecule has 0 amide bonds. The van der Waals surface area contributed by atoms with Crippen molar-refractivity contribution >= 4 is 31.9 Å². The van der Waals surface area contributed by atoms with Crippen molar-refractivity contribution in [2.45, 2.75) is 99.2 Å². The number of benzene rings is 2. The van der Waals surface area contributed by atoms with Crippen molar-refractivity contribution in [2.24, 2.45) is 0 Å². The summed E-state index contributed by atoms with van der Waals surface area (Å²) in [4.78, 5) is 19.2. The topological polar surface area (TPSA) is 184 Å². The van der Waals surface area contributed by atoms with Gasteiger partial charge in [-0.15, -0.1) is 4.73 Å². The zero-order chi connectivity index (χ0) is 44.9. The van der Waals surface area contributed by atoms with E-state index in [1.807, 2.05) is 94.5 Å². The molecule has 0 bridgehead atoms. The highest BCUT2D eigenvalue weighted by atomic mass is 32.2. The number of nitrogens with zero attached hydrogens (tertiary/aromatic N) is 2. The first kappa shape index (κ1) is 45.8. The summed E-state index contributed by atoms with van der Waals surface area (Å²) in [7, 11) is -8.87. The van der Waals surface area contributed by atoms with E-state index in [0.29, 0.717) is 30.5 Å². The number of allylic oxidation sites excluding steroid dienone is 16. The number of unbranched alkanes of at least 4 members (excludes halogenated alkanes) is 2. The zero-order valence-electron chi connectivity index (χ0n) is 35.3. The first-order valence-electron chi connectivity index (χ1n) is 20.6. The van der Waals surface area contributed by atoms with E-state index >= 15 is 0 Å². The molecule has 14 heteroatoms. The van der Waals surface area contributed by atoms with Crippen LogP contribution in [0.3, 0.4) is 0 Å². The quantitative estimate of drug-likeness (QED) is 0.0611. The Kier molecular flexibility index (Phi) is 13.9. The van der Waals surface area contributed by atoms with Crippen LogP contribution in [0.4, 0.5) is 5.69 Å². The first-order chi connectivity index (χ1) is 29.3. The molecule has 3 aromatic rings. The van der Waals surface area contributed by atoms with Gasteiger partial charge in [0.05, 0.1) is 9.79 Å². The first-order valence-corrected chi connectivity index (χ1v) is 23.5. The van der Waals surface area contributed by atoms with E-state index < -0.39 is 48.8 Å². The Bertz CT molecular complexity index is 2650. The lowest BCUT2D eigenvalue weighted by atomic mass is 9.67. The Labute approximate surface area is 364 Å². The molecule has 1 atom stereocenters. The van der Waals surface area contributed by atoms with Crippen molar-refractivity contribution in [3.05, 3.63) is 161 Å². The lowest BCUT2D eigenvalue weighted by Crippen LogP contribution is -2.27. The lowest BCUT2D eigenvalue weighted by Gasteiger charge is -2.37. The maximum Gasteiger partial charge on any atom is 0.333 e. The molecular weight excluding hydrogens is 829 g/mol. The van der Waals surface area contributed by atoms with Gasteiger partial charge in [0.1, 0.15) is 0 Å². The highest BCUT2D eigenvalue weighted by molar-refractivity contribution is 7.86. The number of aromatic nitrogens is 1. The summed E-state index contributed by atoms with van der Waals surface area (Å²) in [6.07, 6.45) is 30.7. The van der Waals surface area contributed by atoms with E-state index in [1.54, 1.807) is 12.1 Å². The maximum atomic E-state index is 12.4. The Morgan fingerprint density at radius 3 is 2.13 bits per heavy atom. The van der Waals surface area contributed by atoms with E-state index in [0.717, 1.165) is 52.9 Å². The molecule has 2 aliphatic carbocycles. The lowest BCUT2D eigenvalue weighted by molar-refractivity contribution is -0.145. The smallest absolute Gasteiger partial charge is 0.333 e. The number of hydrogen-bond donors (Lipinski definition) is 4. The second-order valence-corrected chi connectivity index (χ2v) is 19.5. The van der Waals surface area contributed by atoms with E-state index in [1.165, 1.54) is 35.9 Å². The van der Waals surface area contributed by atoms with Crippen LogP contribution in [0.2, 0.25) is 0 Å². The minimum Gasteiger partial charge on any atom is -0.492 e. The minimum atomic E-state index is -4.45. The maximum absolute atomic E-state index is 12.4. The van der Waals surface area contributed by atoms with Gasteiger partial charge in [-0.25, -0.2) is 4.79 Å². The fourth-order valence-electron chi connectivity index (χ4n) is 8.32. The van der Waals surface area contributed by atoms with Gasteiger partial charge in [-0.2, -0.15) is 16.8 Å². The molecule has 2 aromatic carbocycles. The molecule has 4 N–H and O–H groups in total. The van der Waals surface area contributed by atoms with Crippen molar-refractivity contribution in [1.82, 2.24) is 4.73 Å². The summed E-state index contributed by atoms with van der Waals surface area (Å²) in [6, 6.07) is 11.9.